The van der Waals surface area contributed by atoms with Crippen LogP contribution in [-0.4, -0.2) is 30.6 Å². The average Bonchev–Trinajstić information content (AvgIpc) is 3.22. The van der Waals surface area contributed by atoms with Gasteiger partial charge in [0.15, 0.2) is 11.5 Å². The van der Waals surface area contributed by atoms with E-state index in [9.17, 15) is 4.79 Å². The molecule has 3 aromatic carbocycles. The van der Waals surface area contributed by atoms with E-state index < -0.39 is 0 Å². The topological polar surface area (TPSA) is 38.8 Å². The molecule has 2 heterocycles. The molecule has 32 heavy (non-hydrogen) atoms. The molecule has 0 radical (unpaired) electrons. The van der Waals surface area contributed by atoms with Gasteiger partial charge >= 0.3 is 0 Å². The molecule has 2 aliphatic rings. The normalized spacial score (nSPS) is 17.9. The Bertz CT molecular complexity index is 1010. The molecule has 0 aromatic heterocycles. The standard InChI is InChI=1S/C28H29NO3/c30-28(20-24(21-9-3-1-4-10-21)22-11-5-2-6-12-22)29-16-7-13-25(29)23-14-15-26-27(19-23)32-18-8-17-31-26/h1-6,9-12,14-15,19,24-25H,7-8,13,16-18,20H2/t25-/m1/s1. The third kappa shape index (κ3) is 4.36. The number of fused-ring (bicyclic) bond motifs is 1. The predicted octanol–water partition coefficient (Wildman–Crippen LogP) is 5.73. The molecule has 1 amide bonds. The molecule has 0 unspecified atom stereocenters. The van der Waals surface area contributed by atoms with Crippen LogP contribution in [-0.2, 0) is 4.79 Å². The fourth-order valence-corrected chi connectivity index (χ4v) is 4.89. The number of amides is 1. The Morgan fingerprint density at radius 1 is 0.844 bits per heavy atom. The van der Waals surface area contributed by atoms with Crippen LogP contribution in [0, 0.1) is 0 Å². The number of nitrogens with zero attached hydrogens (tertiary/aromatic N) is 1. The molecular weight excluding hydrogens is 398 g/mol. The van der Waals surface area contributed by atoms with Crippen molar-refractivity contribution in [3.05, 3.63) is 95.6 Å². The third-order valence-electron chi connectivity index (χ3n) is 6.51. The molecule has 3 aromatic rings. The zero-order chi connectivity index (χ0) is 21.8. The minimum absolute atomic E-state index is 0.0509. The molecule has 0 bridgehead atoms. The number of carbonyl (C=O) groups is 1. The van der Waals surface area contributed by atoms with Gasteiger partial charge in [-0.3, -0.25) is 4.79 Å². The van der Waals surface area contributed by atoms with E-state index in [-0.39, 0.29) is 17.9 Å². The lowest BCUT2D eigenvalue weighted by molar-refractivity contribution is -0.132. The second-order valence-electron chi connectivity index (χ2n) is 8.58. The van der Waals surface area contributed by atoms with E-state index in [1.165, 1.54) is 11.1 Å². The highest BCUT2D eigenvalue weighted by atomic mass is 16.5. The highest BCUT2D eigenvalue weighted by molar-refractivity contribution is 5.78. The highest BCUT2D eigenvalue weighted by Crippen LogP contribution is 2.39. The molecule has 0 spiro atoms. The van der Waals surface area contributed by atoms with Gasteiger partial charge in [0.25, 0.3) is 0 Å². The summed E-state index contributed by atoms with van der Waals surface area (Å²) in [4.78, 5) is 15.7. The number of hydrogen-bond donors (Lipinski definition) is 0. The quantitative estimate of drug-likeness (QED) is 0.522. The summed E-state index contributed by atoms with van der Waals surface area (Å²) in [6.45, 7) is 2.15. The number of benzene rings is 3. The molecule has 5 rings (SSSR count). The molecule has 0 saturated carbocycles. The monoisotopic (exact) mass is 427 g/mol. The Kier molecular flexibility index (Phi) is 6.11. The van der Waals surface area contributed by atoms with E-state index in [4.69, 9.17) is 9.47 Å². The summed E-state index contributed by atoms with van der Waals surface area (Å²) in [5.41, 5.74) is 3.49. The largest absolute Gasteiger partial charge is 0.490 e. The van der Waals surface area contributed by atoms with E-state index in [1.54, 1.807) is 0 Å². The molecule has 1 saturated heterocycles. The summed E-state index contributed by atoms with van der Waals surface area (Å²) in [6.07, 6.45) is 3.35. The Hall–Kier alpha value is -3.27. The smallest absolute Gasteiger partial charge is 0.224 e. The first-order valence-electron chi connectivity index (χ1n) is 11.6. The zero-order valence-electron chi connectivity index (χ0n) is 18.3. The zero-order valence-corrected chi connectivity index (χ0v) is 18.3. The maximum atomic E-state index is 13.6. The van der Waals surface area contributed by atoms with Gasteiger partial charge in [0, 0.05) is 25.3 Å². The third-order valence-corrected chi connectivity index (χ3v) is 6.51. The fraction of sp³-hybridized carbons (Fsp3) is 0.321. The number of carbonyl (C=O) groups excluding carboxylic acids is 1. The van der Waals surface area contributed by atoms with Gasteiger partial charge in [-0.1, -0.05) is 66.7 Å². The van der Waals surface area contributed by atoms with Crippen molar-refractivity contribution in [1.29, 1.82) is 0 Å². The Balaban J connectivity index is 1.39. The van der Waals surface area contributed by atoms with Crippen LogP contribution < -0.4 is 9.47 Å². The maximum absolute atomic E-state index is 13.6. The second kappa shape index (κ2) is 9.47. The van der Waals surface area contributed by atoms with Gasteiger partial charge in [-0.2, -0.15) is 0 Å². The van der Waals surface area contributed by atoms with Gasteiger partial charge in [-0.25, -0.2) is 0 Å². The summed E-state index contributed by atoms with van der Waals surface area (Å²) in [6, 6.07) is 27.0. The summed E-state index contributed by atoms with van der Waals surface area (Å²) >= 11 is 0. The minimum Gasteiger partial charge on any atom is -0.490 e. The van der Waals surface area contributed by atoms with Crippen molar-refractivity contribution in [2.45, 2.75) is 37.6 Å². The molecule has 164 valence electrons. The van der Waals surface area contributed by atoms with E-state index >= 15 is 0 Å². The lowest BCUT2D eigenvalue weighted by Crippen LogP contribution is -2.31. The predicted molar refractivity (Wildman–Crippen MR) is 125 cm³/mol. The van der Waals surface area contributed by atoms with Crippen LogP contribution in [0.1, 0.15) is 54.3 Å². The van der Waals surface area contributed by atoms with Crippen molar-refractivity contribution >= 4 is 5.91 Å². The summed E-state index contributed by atoms with van der Waals surface area (Å²) < 4.78 is 11.7. The van der Waals surface area contributed by atoms with Crippen molar-refractivity contribution in [3.8, 4) is 11.5 Å². The van der Waals surface area contributed by atoms with Crippen molar-refractivity contribution < 1.29 is 14.3 Å². The van der Waals surface area contributed by atoms with Crippen molar-refractivity contribution in [1.82, 2.24) is 4.90 Å². The van der Waals surface area contributed by atoms with Crippen molar-refractivity contribution in [2.24, 2.45) is 0 Å². The molecule has 4 heteroatoms. The lowest BCUT2D eigenvalue weighted by Gasteiger charge is -2.28. The van der Waals surface area contributed by atoms with E-state index in [0.717, 1.165) is 42.9 Å². The van der Waals surface area contributed by atoms with Crippen LogP contribution in [0.25, 0.3) is 0 Å². The molecule has 2 aliphatic heterocycles. The molecule has 1 fully saturated rings. The van der Waals surface area contributed by atoms with Crippen molar-refractivity contribution in [3.63, 3.8) is 0 Å². The Morgan fingerprint density at radius 2 is 1.50 bits per heavy atom. The summed E-state index contributed by atoms with van der Waals surface area (Å²) in [5, 5.41) is 0. The first-order valence-corrected chi connectivity index (χ1v) is 11.6. The van der Waals surface area contributed by atoms with Crippen LogP contribution >= 0.6 is 0 Å². The van der Waals surface area contributed by atoms with Crippen LogP contribution in [0.2, 0.25) is 0 Å². The van der Waals surface area contributed by atoms with Gasteiger partial charge < -0.3 is 14.4 Å². The minimum atomic E-state index is 0.0509. The lowest BCUT2D eigenvalue weighted by atomic mass is 9.88. The van der Waals surface area contributed by atoms with E-state index in [1.807, 2.05) is 42.5 Å². The van der Waals surface area contributed by atoms with Crippen LogP contribution in [0.15, 0.2) is 78.9 Å². The number of ether oxygens (including phenoxy) is 2. The SMILES string of the molecule is O=C(CC(c1ccccc1)c1ccccc1)N1CCC[C@@H]1c1ccc2c(c1)OCCCO2. The second-order valence-corrected chi connectivity index (χ2v) is 8.58. The first kappa shape index (κ1) is 20.6. The van der Waals surface area contributed by atoms with Crippen molar-refractivity contribution in [2.75, 3.05) is 19.8 Å². The highest BCUT2D eigenvalue weighted by Gasteiger charge is 2.32. The van der Waals surface area contributed by atoms with Gasteiger partial charge in [0.05, 0.1) is 19.3 Å². The van der Waals surface area contributed by atoms with Crippen LogP contribution in [0.3, 0.4) is 0 Å². The molecule has 0 aliphatic carbocycles. The maximum Gasteiger partial charge on any atom is 0.224 e. The van der Waals surface area contributed by atoms with Gasteiger partial charge in [0.2, 0.25) is 5.91 Å². The molecule has 1 atom stereocenters. The van der Waals surface area contributed by atoms with E-state index in [2.05, 4.69) is 41.3 Å². The molecular formula is C28H29NO3. The summed E-state index contributed by atoms with van der Waals surface area (Å²) in [5.74, 6) is 1.85. The van der Waals surface area contributed by atoms with Gasteiger partial charge in [-0.05, 0) is 41.7 Å². The first-order chi connectivity index (χ1) is 15.8. The van der Waals surface area contributed by atoms with Gasteiger partial charge in [-0.15, -0.1) is 0 Å². The number of rotatable bonds is 5. The fourth-order valence-electron chi connectivity index (χ4n) is 4.89. The number of hydrogen-bond acceptors (Lipinski definition) is 3. The number of likely N-dealkylation sites (tertiary alicyclic amines) is 1. The Morgan fingerprint density at radius 3 is 2.19 bits per heavy atom. The van der Waals surface area contributed by atoms with E-state index in [0.29, 0.717) is 19.6 Å². The van der Waals surface area contributed by atoms with Gasteiger partial charge in [0.1, 0.15) is 0 Å². The average molecular weight is 428 g/mol. The summed E-state index contributed by atoms with van der Waals surface area (Å²) in [7, 11) is 0. The van der Waals surface area contributed by atoms with Crippen LogP contribution in [0.5, 0.6) is 11.5 Å². The Labute approximate surface area is 189 Å². The molecule has 4 nitrogen and oxygen atoms in total. The molecule has 0 N–H and O–H groups in total. The van der Waals surface area contributed by atoms with Crippen LogP contribution in [0.4, 0.5) is 0 Å².